The average Bonchev–Trinajstić information content (AvgIpc) is 3.51. The van der Waals surface area contributed by atoms with Crippen molar-refractivity contribution in [3.63, 3.8) is 0 Å². The number of aryl methyl sites for hydroxylation is 3. The van der Waals surface area contributed by atoms with Crippen LogP contribution in [0.2, 0.25) is 0 Å². The summed E-state index contributed by atoms with van der Waals surface area (Å²) < 4.78 is 20.4. The van der Waals surface area contributed by atoms with E-state index in [0.29, 0.717) is 18.7 Å². The molecule has 4 nitrogen and oxygen atoms in total. The summed E-state index contributed by atoms with van der Waals surface area (Å²) in [5.41, 5.74) is 12.4. The number of primary amides is 1. The first-order valence-corrected chi connectivity index (χ1v) is 11.7. The topological polar surface area (TPSA) is 55.6 Å². The van der Waals surface area contributed by atoms with E-state index < -0.39 is 0 Å². The second-order valence-corrected chi connectivity index (χ2v) is 10.4. The quantitative estimate of drug-likeness (QED) is 0.631. The molecule has 1 aliphatic carbocycles. The van der Waals surface area contributed by atoms with E-state index in [0.717, 1.165) is 44.2 Å². The lowest BCUT2D eigenvalue weighted by atomic mass is 9.80. The highest BCUT2D eigenvalue weighted by Gasteiger charge is 2.27. The van der Waals surface area contributed by atoms with E-state index >= 15 is 0 Å². The van der Waals surface area contributed by atoms with Crippen LogP contribution in [-0.4, -0.2) is 18.6 Å². The van der Waals surface area contributed by atoms with Gasteiger partial charge in [-0.2, -0.15) is 0 Å². The molecule has 0 spiro atoms. The highest BCUT2D eigenvalue weighted by atomic mass is 19.1. The predicted molar refractivity (Wildman–Crippen MR) is 127 cm³/mol. The molecule has 0 atom stereocenters. The van der Waals surface area contributed by atoms with Gasteiger partial charge in [-0.15, -0.1) is 0 Å². The number of carbonyl (C=O) groups excluding carboxylic acids is 1. The lowest BCUT2D eigenvalue weighted by Gasteiger charge is -2.28. The van der Waals surface area contributed by atoms with Crippen molar-refractivity contribution < 1.29 is 13.9 Å². The summed E-state index contributed by atoms with van der Waals surface area (Å²) in [5.74, 6) is -0.103. The second kappa shape index (κ2) is 8.76. The largest absolute Gasteiger partial charge is 0.487 e. The molecule has 0 unspecified atom stereocenters. The molecule has 1 aliphatic heterocycles. The number of rotatable bonds is 7. The molecule has 5 heteroatoms. The van der Waals surface area contributed by atoms with Crippen molar-refractivity contribution in [1.29, 1.82) is 0 Å². The van der Waals surface area contributed by atoms with Gasteiger partial charge >= 0.3 is 0 Å². The number of nitrogens with zero attached hydrogens (tertiary/aromatic N) is 1. The Morgan fingerprint density at radius 1 is 1.16 bits per heavy atom. The second-order valence-electron chi connectivity index (χ2n) is 10.4. The monoisotopic (exact) mass is 438 g/mol. The zero-order valence-corrected chi connectivity index (χ0v) is 19.8. The van der Waals surface area contributed by atoms with Crippen LogP contribution in [0.4, 0.5) is 10.1 Å². The van der Waals surface area contributed by atoms with Gasteiger partial charge in [0.25, 0.3) is 0 Å². The molecule has 1 heterocycles. The summed E-state index contributed by atoms with van der Waals surface area (Å²) in [6.45, 7) is 10.1. The van der Waals surface area contributed by atoms with Crippen molar-refractivity contribution in [2.45, 2.75) is 78.9 Å². The summed E-state index contributed by atoms with van der Waals surface area (Å²) in [5, 5.41) is 0. The van der Waals surface area contributed by atoms with Crippen LogP contribution < -0.4 is 15.4 Å². The summed E-state index contributed by atoms with van der Waals surface area (Å²) in [6, 6.07) is 8.06. The van der Waals surface area contributed by atoms with E-state index in [2.05, 4.69) is 44.7 Å². The molecule has 0 aromatic heterocycles. The maximum Gasteiger partial charge on any atom is 0.217 e. The van der Waals surface area contributed by atoms with Gasteiger partial charge in [0.15, 0.2) is 11.6 Å². The summed E-state index contributed by atoms with van der Waals surface area (Å²) in [6.07, 6.45) is 5.39. The van der Waals surface area contributed by atoms with Crippen molar-refractivity contribution in [2.75, 3.05) is 11.4 Å². The molecule has 2 aliphatic rings. The number of nitrogens with two attached hydrogens (primary N) is 1. The molecule has 4 rings (SSSR count). The lowest BCUT2D eigenvalue weighted by molar-refractivity contribution is -0.119. The molecule has 0 radical (unpaired) electrons. The molecule has 32 heavy (non-hydrogen) atoms. The summed E-state index contributed by atoms with van der Waals surface area (Å²) in [7, 11) is 0. The van der Waals surface area contributed by atoms with Gasteiger partial charge in [0.2, 0.25) is 5.91 Å². The van der Waals surface area contributed by atoms with E-state index in [1.54, 1.807) is 6.07 Å². The van der Waals surface area contributed by atoms with E-state index in [1.807, 2.05) is 6.07 Å². The first-order chi connectivity index (χ1) is 15.1. The molecule has 2 aromatic rings. The molecule has 0 saturated heterocycles. The number of ether oxygens (including phenoxy) is 1. The molecule has 0 bridgehead atoms. The van der Waals surface area contributed by atoms with E-state index in [9.17, 15) is 9.18 Å². The Bertz CT molecular complexity index is 1000. The van der Waals surface area contributed by atoms with Crippen LogP contribution >= 0.6 is 0 Å². The smallest absolute Gasteiger partial charge is 0.217 e. The number of amides is 1. The summed E-state index contributed by atoms with van der Waals surface area (Å²) >= 11 is 0. The fourth-order valence-electron chi connectivity index (χ4n) is 4.88. The Morgan fingerprint density at radius 3 is 2.47 bits per heavy atom. The van der Waals surface area contributed by atoms with Crippen molar-refractivity contribution in [1.82, 2.24) is 0 Å². The van der Waals surface area contributed by atoms with Gasteiger partial charge in [-0.3, -0.25) is 4.79 Å². The summed E-state index contributed by atoms with van der Waals surface area (Å²) in [4.78, 5) is 13.8. The van der Waals surface area contributed by atoms with Gasteiger partial charge < -0.3 is 15.4 Å². The van der Waals surface area contributed by atoms with Crippen LogP contribution in [0.25, 0.3) is 0 Å². The predicted octanol–water partition coefficient (Wildman–Crippen LogP) is 5.38. The minimum atomic E-state index is -0.261. The van der Waals surface area contributed by atoms with Gasteiger partial charge in [-0.05, 0) is 103 Å². The number of halogens is 1. The average molecular weight is 439 g/mol. The molecule has 1 amide bonds. The van der Waals surface area contributed by atoms with E-state index in [1.165, 1.54) is 27.9 Å². The van der Waals surface area contributed by atoms with Crippen LogP contribution in [0.15, 0.2) is 24.3 Å². The molecular weight excluding hydrogens is 403 g/mol. The van der Waals surface area contributed by atoms with Crippen LogP contribution in [-0.2, 0) is 24.2 Å². The van der Waals surface area contributed by atoms with Gasteiger partial charge in [0.05, 0.1) is 6.10 Å². The van der Waals surface area contributed by atoms with Gasteiger partial charge in [-0.1, -0.05) is 13.8 Å². The maximum atomic E-state index is 14.7. The Labute approximate surface area is 190 Å². The Hall–Kier alpha value is -2.56. The highest BCUT2D eigenvalue weighted by molar-refractivity contribution is 5.74. The zero-order valence-electron chi connectivity index (χ0n) is 19.8. The number of anilines is 1. The number of hydrogen-bond donors (Lipinski definition) is 1. The lowest BCUT2D eigenvalue weighted by Crippen LogP contribution is -2.26. The van der Waals surface area contributed by atoms with Crippen LogP contribution in [0, 0.1) is 25.1 Å². The van der Waals surface area contributed by atoms with Gasteiger partial charge in [0, 0.05) is 25.2 Å². The Morgan fingerprint density at radius 2 is 1.84 bits per heavy atom. The Kier molecular flexibility index (Phi) is 6.19. The first kappa shape index (κ1) is 22.6. The molecular formula is C27H35FN2O2. The van der Waals surface area contributed by atoms with Crippen molar-refractivity contribution in [2.24, 2.45) is 11.1 Å². The highest BCUT2D eigenvalue weighted by Crippen LogP contribution is 2.35. The molecule has 2 N–H and O–H groups in total. The van der Waals surface area contributed by atoms with Gasteiger partial charge in [0.1, 0.15) is 0 Å². The minimum absolute atomic E-state index is 0.178. The first-order valence-electron chi connectivity index (χ1n) is 11.7. The molecule has 2 aromatic carbocycles. The third-order valence-electron chi connectivity index (χ3n) is 6.66. The van der Waals surface area contributed by atoms with Crippen molar-refractivity contribution in [3.05, 3.63) is 57.9 Å². The zero-order chi connectivity index (χ0) is 23.0. The van der Waals surface area contributed by atoms with E-state index in [4.69, 9.17) is 10.5 Å². The normalized spacial score (nSPS) is 16.5. The fourth-order valence-corrected chi connectivity index (χ4v) is 4.88. The minimum Gasteiger partial charge on any atom is -0.487 e. The number of fused-ring (bicyclic) bond motifs is 1. The third-order valence-corrected chi connectivity index (χ3v) is 6.66. The van der Waals surface area contributed by atoms with Crippen molar-refractivity contribution >= 4 is 11.6 Å². The van der Waals surface area contributed by atoms with Crippen LogP contribution in [0.5, 0.6) is 5.75 Å². The number of benzene rings is 2. The molecule has 172 valence electrons. The molecule has 1 fully saturated rings. The number of hydrogen-bond acceptors (Lipinski definition) is 3. The van der Waals surface area contributed by atoms with E-state index in [-0.39, 0.29) is 23.2 Å². The fraction of sp³-hybridized carbons (Fsp3) is 0.519. The maximum absolute atomic E-state index is 14.7. The third kappa shape index (κ3) is 5.25. The van der Waals surface area contributed by atoms with Crippen molar-refractivity contribution in [3.8, 4) is 5.75 Å². The van der Waals surface area contributed by atoms with Crippen LogP contribution in [0.3, 0.4) is 0 Å². The SMILES string of the molecule is Cc1cc(N2CCCc3cc(OC4CC4)c(F)cc3C2)cc(C)c1CC(C)(C)CC(N)=O. The standard InChI is InChI=1S/C27H35FN2O2/c1-17-10-21(11-18(2)23(17)14-27(3,4)15-26(29)31)30-9-5-6-19-13-25(32-22-7-8-22)24(28)12-20(19)16-30/h10-13,22H,5-9,14-16H2,1-4H3,(H2,29,31). The van der Waals surface area contributed by atoms with Crippen LogP contribution in [0.1, 0.15) is 67.3 Å². The molecule has 1 saturated carbocycles. The number of carbonyl (C=O) groups is 1. The Balaban J connectivity index is 1.56. The van der Waals surface area contributed by atoms with Gasteiger partial charge in [-0.25, -0.2) is 4.39 Å².